The smallest absolute Gasteiger partial charge is 0.294 e. The highest BCUT2D eigenvalue weighted by Gasteiger charge is 2.36. The zero-order chi connectivity index (χ0) is 27.9. The van der Waals surface area contributed by atoms with E-state index in [0.29, 0.717) is 28.4 Å². The Hall–Kier alpha value is -4.57. The van der Waals surface area contributed by atoms with Crippen molar-refractivity contribution in [2.45, 2.75) is 13.8 Å². The number of para-hydroxylation sites is 1. The molecule has 0 spiro atoms. The van der Waals surface area contributed by atoms with E-state index in [1.54, 1.807) is 42.5 Å². The second-order valence-corrected chi connectivity index (χ2v) is 9.67. The van der Waals surface area contributed by atoms with E-state index in [0.717, 1.165) is 27.8 Å². The molecular weight excluding hydrogens is 518 g/mol. The summed E-state index contributed by atoms with van der Waals surface area (Å²) in [5.74, 6) is -0.662. The molecule has 3 aromatic rings. The molecule has 39 heavy (non-hydrogen) atoms. The number of imide groups is 1. The van der Waals surface area contributed by atoms with Crippen molar-refractivity contribution in [1.82, 2.24) is 4.90 Å². The van der Waals surface area contributed by atoms with Crippen molar-refractivity contribution in [3.8, 4) is 11.5 Å². The number of methoxy groups -OCH3 is 1. The third kappa shape index (κ3) is 6.85. The van der Waals surface area contributed by atoms with Crippen molar-refractivity contribution in [3.63, 3.8) is 0 Å². The second kappa shape index (κ2) is 12.3. The summed E-state index contributed by atoms with van der Waals surface area (Å²) in [5.41, 5.74) is 3.81. The summed E-state index contributed by atoms with van der Waals surface area (Å²) in [6, 6.07) is 19.5. The Morgan fingerprint density at radius 3 is 2.44 bits per heavy atom. The molecule has 3 aromatic carbocycles. The normalized spacial score (nSPS) is 13.9. The molecule has 2 N–H and O–H groups in total. The Bertz CT molecular complexity index is 1450. The van der Waals surface area contributed by atoms with Crippen LogP contribution in [-0.4, -0.2) is 48.1 Å². The molecule has 1 aliphatic rings. The SMILES string of the molecule is COc1cc(/C=C2\SC(=O)N(CC(=O)Nc3cccc(C)c3C)C2=O)ccc1OCC(=O)Nc1ccccc1. The zero-order valence-corrected chi connectivity index (χ0v) is 22.5. The van der Waals surface area contributed by atoms with Crippen molar-refractivity contribution in [2.24, 2.45) is 0 Å². The number of hydrogen-bond donors (Lipinski definition) is 2. The first kappa shape index (κ1) is 27.5. The number of benzene rings is 3. The summed E-state index contributed by atoms with van der Waals surface area (Å²) < 4.78 is 11.0. The fraction of sp³-hybridized carbons (Fsp3) is 0.172. The molecule has 4 rings (SSSR count). The first-order valence-corrected chi connectivity index (χ1v) is 12.8. The lowest BCUT2D eigenvalue weighted by Crippen LogP contribution is -2.36. The van der Waals surface area contributed by atoms with Crippen molar-refractivity contribution < 1.29 is 28.7 Å². The topological polar surface area (TPSA) is 114 Å². The highest BCUT2D eigenvalue weighted by Crippen LogP contribution is 2.34. The minimum atomic E-state index is -0.557. The quantitative estimate of drug-likeness (QED) is 0.364. The second-order valence-electron chi connectivity index (χ2n) is 8.68. The summed E-state index contributed by atoms with van der Waals surface area (Å²) in [4.78, 5) is 51.3. The Labute approximate surface area is 230 Å². The van der Waals surface area contributed by atoms with Crippen molar-refractivity contribution in [1.29, 1.82) is 0 Å². The summed E-state index contributed by atoms with van der Waals surface area (Å²) >= 11 is 0.757. The van der Waals surface area contributed by atoms with E-state index in [1.807, 2.05) is 44.2 Å². The molecule has 1 fully saturated rings. The van der Waals surface area contributed by atoms with Crippen LogP contribution in [-0.2, 0) is 14.4 Å². The number of nitrogens with one attached hydrogen (secondary N) is 2. The Balaban J connectivity index is 1.39. The molecule has 0 saturated carbocycles. The van der Waals surface area contributed by atoms with Crippen LogP contribution in [0.5, 0.6) is 11.5 Å². The first-order valence-electron chi connectivity index (χ1n) is 12.0. The van der Waals surface area contributed by atoms with Crippen LogP contribution in [0.1, 0.15) is 16.7 Å². The number of carbonyl (C=O) groups excluding carboxylic acids is 4. The molecule has 0 unspecified atom stereocenters. The van der Waals surface area contributed by atoms with Gasteiger partial charge in [0, 0.05) is 11.4 Å². The fourth-order valence-electron chi connectivity index (χ4n) is 3.76. The van der Waals surface area contributed by atoms with E-state index < -0.39 is 23.6 Å². The lowest BCUT2D eigenvalue weighted by molar-refractivity contribution is -0.127. The molecule has 4 amide bonds. The third-order valence-corrected chi connectivity index (χ3v) is 6.86. The molecule has 9 nitrogen and oxygen atoms in total. The largest absolute Gasteiger partial charge is 0.493 e. The third-order valence-electron chi connectivity index (χ3n) is 5.96. The fourth-order valence-corrected chi connectivity index (χ4v) is 4.60. The van der Waals surface area contributed by atoms with Crippen LogP contribution in [0, 0.1) is 13.8 Å². The molecule has 0 aromatic heterocycles. The Morgan fingerprint density at radius 2 is 1.69 bits per heavy atom. The van der Waals surface area contributed by atoms with Crippen molar-refractivity contribution >= 4 is 52.2 Å². The van der Waals surface area contributed by atoms with E-state index in [4.69, 9.17) is 9.47 Å². The summed E-state index contributed by atoms with van der Waals surface area (Å²) in [5, 5.41) is 4.97. The maximum Gasteiger partial charge on any atom is 0.294 e. The van der Waals surface area contributed by atoms with E-state index in [9.17, 15) is 19.2 Å². The predicted octanol–water partition coefficient (Wildman–Crippen LogP) is 5.00. The molecule has 1 heterocycles. The van der Waals surface area contributed by atoms with Gasteiger partial charge < -0.3 is 20.1 Å². The lowest BCUT2D eigenvalue weighted by atomic mass is 10.1. The average Bonchev–Trinajstić information content (AvgIpc) is 3.18. The Morgan fingerprint density at radius 1 is 0.923 bits per heavy atom. The maximum absolute atomic E-state index is 12.9. The van der Waals surface area contributed by atoms with Gasteiger partial charge in [0.1, 0.15) is 6.54 Å². The number of hydrogen-bond acceptors (Lipinski definition) is 7. The molecule has 1 aliphatic heterocycles. The molecule has 10 heteroatoms. The summed E-state index contributed by atoms with van der Waals surface area (Å²) in [6.07, 6.45) is 1.54. The Kier molecular flexibility index (Phi) is 8.67. The molecule has 0 radical (unpaired) electrons. The van der Waals surface area contributed by atoms with Gasteiger partial charge in [-0.3, -0.25) is 24.1 Å². The lowest BCUT2D eigenvalue weighted by Gasteiger charge is -2.14. The van der Waals surface area contributed by atoms with Crippen molar-refractivity contribution in [2.75, 3.05) is 30.9 Å². The van der Waals surface area contributed by atoms with Crippen LogP contribution in [0.3, 0.4) is 0 Å². The van der Waals surface area contributed by atoms with E-state index >= 15 is 0 Å². The van der Waals surface area contributed by atoms with E-state index in [2.05, 4.69) is 10.6 Å². The molecule has 0 aliphatic carbocycles. The number of thioether (sulfide) groups is 1. The van der Waals surface area contributed by atoms with Crippen LogP contribution >= 0.6 is 11.8 Å². The molecule has 200 valence electrons. The monoisotopic (exact) mass is 545 g/mol. The number of nitrogens with zero attached hydrogens (tertiary/aromatic N) is 1. The van der Waals surface area contributed by atoms with Crippen LogP contribution in [0.4, 0.5) is 16.2 Å². The molecule has 0 bridgehead atoms. The van der Waals surface area contributed by atoms with Crippen LogP contribution in [0.25, 0.3) is 6.08 Å². The van der Waals surface area contributed by atoms with E-state index in [-0.39, 0.29) is 17.4 Å². The van der Waals surface area contributed by atoms with Crippen LogP contribution in [0.15, 0.2) is 71.6 Å². The van der Waals surface area contributed by atoms with Crippen LogP contribution < -0.4 is 20.1 Å². The number of anilines is 2. The summed E-state index contributed by atoms with van der Waals surface area (Å²) in [7, 11) is 1.46. The van der Waals surface area contributed by atoms with Gasteiger partial charge in [-0.1, -0.05) is 36.4 Å². The molecule has 0 atom stereocenters. The average molecular weight is 546 g/mol. The van der Waals surface area contributed by atoms with Gasteiger partial charge in [-0.2, -0.15) is 0 Å². The van der Waals surface area contributed by atoms with Gasteiger partial charge >= 0.3 is 0 Å². The molecule has 1 saturated heterocycles. The van der Waals surface area contributed by atoms with Crippen LogP contribution in [0.2, 0.25) is 0 Å². The highest BCUT2D eigenvalue weighted by atomic mass is 32.2. The molecular formula is C29H27N3O6S. The minimum Gasteiger partial charge on any atom is -0.493 e. The van der Waals surface area contributed by atoms with E-state index in [1.165, 1.54) is 7.11 Å². The minimum absolute atomic E-state index is 0.178. The van der Waals surface area contributed by atoms with Gasteiger partial charge in [-0.05, 0) is 78.7 Å². The van der Waals surface area contributed by atoms with Gasteiger partial charge in [0.25, 0.3) is 17.1 Å². The number of aryl methyl sites for hydroxylation is 1. The zero-order valence-electron chi connectivity index (χ0n) is 21.6. The van der Waals surface area contributed by atoms with Gasteiger partial charge in [-0.25, -0.2) is 0 Å². The van der Waals surface area contributed by atoms with Gasteiger partial charge in [-0.15, -0.1) is 0 Å². The number of amides is 4. The van der Waals surface area contributed by atoms with Gasteiger partial charge in [0.2, 0.25) is 5.91 Å². The van der Waals surface area contributed by atoms with Gasteiger partial charge in [0.05, 0.1) is 12.0 Å². The predicted molar refractivity (Wildman–Crippen MR) is 151 cm³/mol. The first-order chi connectivity index (χ1) is 18.7. The summed E-state index contributed by atoms with van der Waals surface area (Å²) in [6.45, 7) is 3.20. The van der Waals surface area contributed by atoms with Crippen molar-refractivity contribution in [3.05, 3.63) is 88.3 Å². The number of carbonyl (C=O) groups is 4. The number of ether oxygens (including phenoxy) is 2. The number of rotatable bonds is 9. The standard InChI is InChI=1S/C29H27N3O6S/c1-18-8-7-11-22(19(18)2)31-26(33)16-32-28(35)25(39-29(32)36)15-20-12-13-23(24(14-20)37-3)38-17-27(34)30-21-9-5-4-6-10-21/h4-15H,16-17H2,1-3H3,(H,30,34)(H,31,33)/b25-15-. The van der Waals surface area contributed by atoms with Gasteiger partial charge in [0.15, 0.2) is 18.1 Å². The maximum atomic E-state index is 12.9. The highest BCUT2D eigenvalue weighted by molar-refractivity contribution is 8.18.